The Morgan fingerprint density at radius 2 is 1.75 bits per heavy atom. The maximum Gasteiger partial charge on any atom is 0.241 e. The normalized spacial score (nSPS) is 28.3. The lowest BCUT2D eigenvalue weighted by Gasteiger charge is -2.28. The number of hydrogen-bond donors (Lipinski definition) is 1. The summed E-state index contributed by atoms with van der Waals surface area (Å²) < 4.78 is 0. The molecule has 2 atom stereocenters. The predicted octanol–water partition coefficient (Wildman–Crippen LogP) is 3.68. The number of amides is 1. The Kier molecular flexibility index (Phi) is 6.34. The van der Waals surface area contributed by atoms with Crippen LogP contribution < -0.4 is 5.32 Å². The van der Waals surface area contributed by atoms with E-state index in [0.717, 1.165) is 38.1 Å². The fraction of sp³-hybridized carbons (Fsp3) is 0.941. The third-order valence-corrected chi connectivity index (χ3v) is 4.99. The second-order valence-electron chi connectivity index (χ2n) is 6.64. The van der Waals surface area contributed by atoms with Crippen molar-refractivity contribution in [2.75, 3.05) is 6.54 Å². The third kappa shape index (κ3) is 3.97. The van der Waals surface area contributed by atoms with Crippen molar-refractivity contribution in [2.45, 2.75) is 90.3 Å². The molecule has 2 rings (SSSR count). The number of carbonyl (C=O) groups excluding carboxylic acids is 1. The van der Waals surface area contributed by atoms with Crippen LogP contribution in [0.4, 0.5) is 0 Å². The summed E-state index contributed by atoms with van der Waals surface area (Å²) in [4.78, 5) is 14.7. The molecular formula is C17H32N2O. The summed E-state index contributed by atoms with van der Waals surface area (Å²) in [6.45, 7) is 5.34. The Bertz CT molecular complexity index is 299. The molecule has 1 N–H and O–H groups in total. The molecule has 1 saturated carbocycles. The van der Waals surface area contributed by atoms with Crippen molar-refractivity contribution in [2.24, 2.45) is 5.92 Å². The van der Waals surface area contributed by atoms with E-state index in [1.165, 1.54) is 38.5 Å². The lowest BCUT2D eigenvalue weighted by molar-refractivity contribution is -0.130. The molecule has 3 heteroatoms. The van der Waals surface area contributed by atoms with E-state index in [1.807, 2.05) is 0 Å². The van der Waals surface area contributed by atoms with E-state index in [9.17, 15) is 4.79 Å². The minimum atomic E-state index is 0.0860. The van der Waals surface area contributed by atoms with Crippen molar-refractivity contribution < 1.29 is 4.79 Å². The van der Waals surface area contributed by atoms with Gasteiger partial charge in [-0.15, -0.1) is 0 Å². The van der Waals surface area contributed by atoms with Crippen LogP contribution in [-0.4, -0.2) is 29.6 Å². The molecule has 2 aliphatic rings. The van der Waals surface area contributed by atoms with Gasteiger partial charge in [-0.3, -0.25) is 10.1 Å². The maximum absolute atomic E-state index is 12.5. The Labute approximate surface area is 124 Å². The van der Waals surface area contributed by atoms with E-state index in [0.29, 0.717) is 12.1 Å². The first-order chi connectivity index (χ1) is 9.76. The molecular weight excluding hydrogens is 248 g/mol. The second-order valence-corrected chi connectivity index (χ2v) is 6.64. The van der Waals surface area contributed by atoms with E-state index >= 15 is 0 Å². The monoisotopic (exact) mass is 280 g/mol. The minimum absolute atomic E-state index is 0.0860. The third-order valence-electron chi connectivity index (χ3n) is 4.99. The molecule has 0 bridgehead atoms. The van der Waals surface area contributed by atoms with E-state index in [-0.39, 0.29) is 6.04 Å². The topological polar surface area (TPSA) is 32.3 Å². The highest BCUT2D eigenvalue weighted by Gasteiger charge is 2.37. The molecule has 1 aliphatic heterocycles. The Morgan fingerprint density at radius 3 is 2.40 bits per heavy atom. The average Bonchev–Trinajstić information content (AvgIpc) is 2.75. The van der Waals surface area contributed by atoms with Gasteiger partial charge >= 0.3 is 0 Å². The summed E-state index contributed by atoms with van der Waals surface area (Å²) in [5.41, 5.74) is 0. The van der Waals surface area contributed by atoms with E-state index in [1.54, 1.807) is 0 Å². The van der Waals surface area contributed by atoms with Crippen molar-refractivity contribution in [3.8, 4) is 0 Å². The summed E-state index contributed by atoms with van der Waals surface area (Å²) >= 11 is 0. The molecule has 20 heavy (non-hydrogen) atoms. The molecule has 2 fully saturated rings. The molecule has 0 radical (unpaired) electrons. The molecule has 1 heterocycles. The zero-order valence-corrected chi connectivity index (χ0v) is 13.4. The van der Waals surface area contributed by atoms with E-state index in [2.05, 4.69) is 24.1 Å². The highest BCUT2D eigenvalue weighted by atomic mass is 16.2. The molecule has 116 valence electrons. The fourth-order valence-corrected chi connectivity index (χ4v) is 3.82. The van der Waals surface area contributed by atoms with Crippen molar-refractivity contribution in [1.29, 1.82) is 0 Å². The lowest BCUT2D eigenvalue weighted by atomic mass is 9.87. The summed E-state index contributed by atoms with van der Waals surface area (Å²) in [5.74, 6) is 1.23. The number of carbonyl (C=O) groups is 1. The predicted molar refractivity (Wildman–Crippen MR) is 83.4 cm³/mol. The Morgan fingerprint density at radius 1 is 1.05 bits per heavy atom. The van der Waals surface area contributed by atoms with E-state index < -0.39 is 0 Å². The van der Waals surface area contributed by atoms with Gasteiger partial charge in [0.1, 0.15) is 0 Å². The molecule has 1 saturated heterocycles. The van der Waals surface area contributed by atoms with Crippen LogP contribution in [0.2, 0.25) is 0 Å². The molecule has 0 aromatic carbocycles. The smallest absolute Gasteiger partial charge is 0.241 e. The standard InChI is InChI=1S/C17H32N2O/c1-3-8-15-17(20)19(16(18-15)9-4-2)13-12-14-10-6-5-7-11-14/h14-16,18H,3-13H2,1-2H3. The van der Waals surface area contributed by atoms with Crippen LogP contribution in [0.5, 0.6) is 0 Å². The first kappa shape index (κ1) is 15.8. The summed E-state index contributed by atoms with van der Waals surface area (Å²) in [6.07, 6.45) is 12.8. The van der Waals surface area contributed by atoms with Gasteiger partial charge in [0.05, 0.1) is 12.2 Å². The van der Waals surface area contributed by atoms with Crippen LogP contribution in [-0.2, 0) is 4.79 Å². The molecule has 3 nitrogen and oxygen atoms in total. The zero-order valence-electron chi connectivity index (χ0n) is 13.4. The first-order valence-electron chi connectivity index (χ1n) is 8.82. The van der Waals surface area contributed by atoms with Gasteiger partial charge < -0.3 is 4.90 Å². The Balaban J connectivity index is 1.86. The van der Waals surface area contributed by atoms with Gasteiger partial charge in [-0.25, -0.2) is 0 Å². The second kappa shape index (κ2) is 8.02. The van der Waals surface area contributed by atoms with Gasteiger partial charge in [-0.2, -0.15) is 0 Å². The van der Waals surface area contributed by atoms with E-state index in [4.69, 9.17) is 0 Å². The Hall–Kier alpha value is -0.570. The highest BCUT2D eigenvalue weighted by molar-refractivity contribution is 5.84. The highest BCUT2D eigenvalue weighted by Crippen LogP contribution is 2.28. The minimum Gasteiger partial charge on any atom is -0.326 e. The number of nitrogens with one attached hydrogen (secondary N) is 1. The van der Waals surface area contributed by atoms with Crippen molar-refractivity contribution in [3.05, 3.63) is 0 Å². The quantitative estimate of drug-likeness (QED) is 0.771. The maximum atomic E-state index is 12.5. The van der Waals surface area contributed by atoms with Gasteiger partial charge in [0.2, 0.25) is 5.91 Å². The first-order valence-corrected chi connectivity index (χ1v) is 8.82. The summed E-state index contributed by atoms with van der Waals surface area (Å²) in [5, 5.41) is 3.56. The van der Waals surface area contributed by atoms with Crippen LogP contribution in [0.1, 0.15) is 78.1 Å². The summed E-state index contributed by atoms with van der Waals surface area (Å²) in [6, 6.07) is 0.0860. The van der Waals surface area contributed by atoms with Crippen molar-refractivity contribution in [1.82, 2.24) is 10.2 Å². The number of nitrogens with zero attached hydrogens (tertiary/aromatic N) is 1. The van der Waals surface area contributed by atoms with Crippen LogP contribution in [0.15, 0.2) is 0 Å². The van der Waals surface area contributed by atoms with Crippen LogP contribution in [0.3, 0.4) is 0 Å². The van der Waals surface area contributed by atoms with Gasteiger partial charge in [-0.05, 0) is 25.2 Å². The lowest BCUT2D eigenvalue weighted by Crippen LogP contribution is -2.38. The van der Waals surface area contributed by atoms with Crippen LogP contribution >= 0.6 is 0 Å². The zero-order chi connectivity index (χ0) is 14.4. The van der Waals surface area contributed by atoms with Gasteiger partial charge in [-0.1, -0.05) is 58.8 Å². The summed E-state index contributed by atoms with van der Waals surface area (Å²) in [7, 11) is 0. The molecule has 1 amide bonds. The fourth-order valence-electron chi connectivity index (χ4n) is 3.82. The van der Waals surface area contributed by atoms with Crippen LogP contribution in [0, 0.1) is 5.92 Å². The molecule has 0 spiro atoms. The van der Waals surface area contributed by atoms with Gasteiger partial charge in [0.25, 0.3) is 0 Å². The van der Waals surface area contributed by atoms with Gasteiger partial charge in [0.15, 0.2) is 0 Å². The molecule has 1 aliphatic carbocycles. The average molecular weight is 280 g/mol. The largest absolute Gasteiger partial charge is 0.326 e. The van der Waals surface area contributed by atoms with Crippen LogP contribution in [0.25, 0.3) is 0 Å². The number of hydrogen-bond acceptors (Lipinski definition) is 2. The van der Waals surface area contributed by atoms with Crippen molar-refractivity contribution >= 4 is 5.91 Å². The SMILES string of the molecule is CCCC1NC(CCC)N(CCC2CCCCC2)C1=O. The molecule has 0 aromatic heterocycles. The molecule has 0 aromatic rings. The van der Waals surface area contributed by atoms with Crippen molar-refractivity contribution in [3.63, 3.8) is 0 Å². The molecule has 2 unspecified atom stereocenters. The van der Waals surface area contributed by atoms with Gasteiger partial charge in [0, 0.05) is 6.54 Å². The number of rotatable bonds is 7.